The van der Waals surface area contributed by atoms with Crippen LogP contribution in [0.1, 0.15) is 11.1 Å². The Morgan fingerprint density at radius 2 is 2.00 bits per heavy atom. The number of phenolic OH excluding ortho intramolecular Hbond substituents is 1. The predicted molar refractivity (Wildman–Crippen MR) is 55.8 cm³/mol. The van der Waals surface area contributed by atoms with Crippen LogP contribution in [0.3, 0.4) is 0 Å². The van der Waals surface area contributed by atoms with E-state index in [4.69, 9.17) is 5.11 Å². The molecule has 0 saturated carbocycles. The van der Waals surface area contributed by atoms with Gasteiger partial charge in [0.2, 0.25) is 0 Å². The van der Waals surface area contributed by atoms with E-state index in [1.54, 1.807) is 0 Å². The molecule has 18 heavy (non-hydrogen) atoms. The predicted octanol–water partition coefficient (Wildman–Crippen LogP) is 0.792. The number of nitrogens with one attached hydrogen (secondary N) is 2. The number of alkyl halides is 3. The van der Waals surface area contributed by atoms with Crippen LogP contribution in [-0.4, -0.2) is 23.4 Å². The molecule has 0 radical (unpaired) electrons. The highest BCUT2D eigenvalue weighted by Gasteiger charge is 2.34. The first-order chi connectivity index (χ1) is 8.38. The second kappa shape index (κ2) is 4.21. The molecule has 1 aliphatic heterocycles. The van der Waals surface area contributed by atoms with E-state index in [9.17, 15) is 18.0 Å². The number of hydrogen-bond acceptors (Lipinski definition) is 4. The number of benzene rings is 1. The second-order valence-electron chi connectivity index (χ2n) is 3.57. The van der Waals surface area contributed by atoms with Gasteiger partial charge in [-0.25, -0.2) is 0 Å². The first-order valence-corrected chi connectivity index (χ1v) is 4.88. The molecule has 0 aromatic heterocycles. The summed E-state index contributed by atoms with van der Waals surface area (Å²) in [4.78, 5) is 14.6. The number of phenols is 1. The molecule has 0 unspecified atom stereocenters. The van der Waals surface area contributed by atoms with Crippen LogP contribution >= 0.6 is 0 Å². The van der Waals surface area contributed by atoms with E-state index >= 15 is 0 Å². The van der Waals surface area contributed by atoms with Gasteiger partial charge in [-0.05, 0) is 18.2 Å². The Bertz CT molecular complexity index is 526. The maximum atomic E-state index is 12.6. The molecule has 8 heteroatoms. The van der Waals surface area contributed by atoms with Crippen molar-refractivity contribution in [2.45, 2.75) is 6.18 Å². The Morgan fingerprint density at radius 3 is 2.56 bits per heavy atom. The van der Waals surface area contributed by atoms with E-state index in [-0.39, 0.29) is 23.9 Å². The molecule has 5 nitrogen and oxygen atoms in total. The number of aliphatic imine (C=N–C) groups is 1. The lowest BCUT2D eigenvalue weighted by atomic mass is 10.1. The van der Waals surface area contributed by atoms with Gasteiger partial charge in [0.05, 0.1) is 5.56 Å². The van der Waals surface area contributed by atoms with Crippen LogP contribution in [-0.2, 0) is 11.0 Å². The van der Waals surface area contributed by atoms with Gasteiger partial charge in [-0.3, -0.25) is 20.6 Å². The van der Waals surface area contributed by atoms with Crippen LogP contribution in [0.15, 0.2) is 23.2 Å². The van der Waals surface area contributed by atoms with Crippen LogP contribution in [0.4, 0.5) is 13.2 Å². The summed E-state index contributed by atoms with van der Waals surface area (Å²) in [5, 5.41) is 9.16. The molecule has 96 valence electrons. The molecular formula is C10H8F3N3O2. The van der Waals surface area contributed by atoms with E-state index in [1.807, 2.05) is 0 Å². The van der Waals surface area contributed by atoms with E-state index < -0.39 is 17.5 Å². The van der Waals surface area contributed by atoms with Gasteiger partial charge in [0.15, 0.2) is 0 Å². The number of rotatable bonds is 1. The summed E-state index contributed by atoms with van der Waals surface area (Å²) in [6, 6.07) is 2.96. The van der Waals surface area contributed by atoms with Gasteiger partial charge >= 0.3 is 6.18 Å². The Labute approximate surface area is 99.3 Å². The molecule has 1 aromatic rings. The molecule has 1 heterocycles. The summed E-state index contributed by atoms with van der Waals surface area (Å²) in [6.07, 6.45) is -4.65. The van der Waals surface area contributed by atoms with Crippen molar-refractivity contribution in [3.63, 3.8) is 0 Å². The number of hydrogen-bond donors (Lipinski definition) is 3. The van der Waals surface area contributed by atoms with Gasteiger partial charge in [0.1, 0.15) is 18.1 Å². The van der Waals surface area contributed by atoms with Gasteiger partial charge in [-0.2, -0.15) is 13.2 Å². The summed E-state index contributed by atoms with van der Waals surface area (Å²) < 4.78 is 37.7. The monoisotopic (exact) mass is 259 g/mol. The van der Waals surface area contributed by atoms with Crippen molar-refractivity contribution in [1.82, 2.24) is 10.9 Å². The molecule has 0 atom stereocenters. The number of nitrogens with zero attached hydrogens (tertiary/aromatic N) is 1. The molecule has 2 rings (SSSR count). The lowest BCUT2D eigenvalue weighted by molar-refractivity contribution is -0.138. The quantitative estimate of drug-likeness (QED) is 0.698. The van der Waals surface area contributed by atoms with Crippen molar-refractivity contribution < 1.29 is 23.1 Å². The number of amidine groups is 1. The summed E-state index contributed by atoms with van der Waals surface area (Å²) >= 11 is 0. The number of aromatic hydroxyl groups is 1. The molecule has 0 spiro atoms. The van der Waals surface area contributed by atoms with Gasteiger partial charge < -0.3 is 5.11 Å². The Hall–Kier alpha value is -2.25. The number of halogens is 3. The lowest BCUT2D eigenvalue weighted by Gasteiger charge is -2.17. The molecule has 0 fully saturated rings. The molecule has 0 saturated heterocycles. The third-order valence-corrected chi connectivity index (χ3v) is 2.28. The smallest absolute Gasteiger partial charge is 0.419 e. The summed E-state index contributed by atoms with van der Waals surface area (Å²) in [6.45, 7) is -0.162. The first-order valence-electron chi connectivity index (χ1n) is 4.88. The first kappa shape index (κ1) is 12.2. The summed E-state index contributed by atoms with van der Waals surface area (Å²) in [7, 11) is 0. The standard InChI is InChI=1S/C10H8F3N3O2/c11-10(12,13)6-3-5(1-2-7(6)17)9-14-4-8(18)15-16-9/h1-3,17H,4H2,(H,14,16)(H,15,18). The van der Waals surface area contributed by atoms with E-state index in [0.29, 0.717) is 0 Å². The van der Waals surface area contributed by atoms with Gasteiger partial charge in [-0.15, -0.1) is 0 Å². The van der Waals surface area contributed by atoms with Crippen molar-refractivity contribution in [2.75, 3.05) is 6.54 Å². The summed E-state index contributed by atoms with van der Waals surface area (Å²) in [5.41, 5.74) is 3.60. The van der Waals surface area contributed by atoms with Crippen LogP contribution < -0.4 is 10.9 Å². The fourth-order valence-electron chi connectivity index (χ4n) is 1.43. The van der Waals surface area contributed by atoms with Gasteiger partial charge in [0, 0.05) is 5.56 Å². The summed E-state index contributed by atoms with van der Waals surface area (Å²) in [5.74, 6) is -1.12. The highest BCUT2D eigenvalue weighted by Crippen LogP contribution is 2.36. The zero-order valence-electron chi connectivity index (χ0n) is 8.88. The van der Waals surface area contributed by atoms with Crippen LogP contribution in [0, 0.1) is 0 Å². The molecule has 1 amide bonds. The normalized spacial score (nSPS) is 15.7. The largest absolute Gasteiger partial charge is 0.507 e. The highest BCUT2D eigenvalue weighted by atomic mass is 19.4. The maximum Gasteiger partial charge on any atom is 0.419 e. The second-order valence-corrected chi connectivity index (χ2v) is 3.57. The number of amides is 1. The van der Waals surface area contributed by atoms with Crippen LogP contribution in [0.25, 0.3) is 0 Å². The zero-order valence-corrected chi connectivity index (χ0v) is 8.88. The van der Waals surface area contributed by atoms with Crippen molar-refractivity contribution in [3.05, 3.63) is 29.3 Å². The Balaban J connectivity index is 2.39. The lowest BCUT2D eigenvalue weighted by Crippen LogP contribution is -2.47. The number of hydrazine groups is 1. The fraction of sp³-hybridized carbons (Fsp3) is 0.200. The molecular weight excluding hydrogens is 251 g/mol. The third kappa shape index (κ3) is 2.36. The Morgan fingerprint density at radius 1 is 1.28 bits per heavy atom. The zero-order chi connectivity index (χ0) is 13.3. The van der Waals surface area contributed by atoms with E-state index in [2.05, 4.69) is 15.8 Å². The maximum absolute atomic E-state index is 12.6. The average Bonchev–Trinajstić information content (AvgIpc) is 2.29. The minimum absolute atomic E-state index is 0.111. The average molecular weight is 259 g/mol. The molecule has 1 aliphatic rings. The van der Waals surface area contributed by atoms with Crippen molar-refractivity contribution >= 4 is 11.7 Å². The van der Waals surface area contributed by atoms with Gasteiger partial charge in [-0.1, -0.05) is 0 Å². The van der Waals surface area contributed by atoms with Crippen molar-refractivity contribution in [1.29, 1.82) is 0 Å². The highest BCUT2D eigenvalue weighted by molar-refractivity contribution is 6.02. The molecule has 0 bridgehead atoms. The SMILES string of the molecule is O=C1CN=C(c2ccc(O)c(C(F)(F)F)c2)NN1. The van der Waals surface area contributed by atoms with Crippen molar-refractivity contribution in [3.8, 4) is 5.75 Å². The van der Waals surface area contributed by atoms with Gasteiger partial charge in [0.25, 0.3) is 5.91 Å². The molecule has 0 aliphatic carbocycles. The number of carbonyl (C=O) groups is 1. The van der Waals surface area contributed by atoms with Crippen LogP contribution in [0.2, 0.25) is 0 Å². The van der Waals surface area contributed by atoms with Crippen LogP contribution in [0.5, 0.6) is 5.75 Å². The topological polar surface area (TPSA) is 73.7 Å². The number of carbonyl (C=O) groups excluding carboxylic acids is 1. The van der Waals surface area contributed by atoms with Crippen molar-refractivity contribution in [2.24, 2.45) is 4.99 Å². The third-order valence-electron chi connectivity index (χ3n) is 2.28. The minimum atomic E-state index is -4.65. The van der Waals surface area contributed by atoms with E-state index in [1.165, 1.54) is 6.07 Å². The van der Waals surface area contributed by atoms with E-state index in [0.717, 1.165) is 12.1 Å². The fourth-order valence-corrected chi connectivity index (χ4v) is 1.43. The molecule has 1 aromatic carbocycles. The molecule has 3 N–H and O–H groups in total. The Kier molecular flexibility index (Phi) is 2.85. The minimum Gasteiger partial charge on any atom is -0.507 e.